The minimum absolute atomic E-state index is 0.449. The summed E-state index contributed by atoms with van der Waals surface area (Å²) in [7, 11) is 2.16. The third-order valence-corrected chi connectivity index (χ3v) is 2.77. The third kappa shape index (κ3) is 7.03. The molecule has 0 aliphatic carbocycles. The predicted molar refractivity (Wildman–Crippen MR) is 60.1 cm³/mol. The van der Waals surface area contributed by atoms with Gasteiger partial charge in [0.15, 0.2) is 0 Å². The topological polar surface area (TPSA) is 15.3 Å². The summed E-state index contributed by atoms with van der Waals surface area (Å²) in [5.41, 5.74) is 0.449. The molecule has 0 amide bonds. The predicted octanol–water partition coefficient (Wildman–Crippen LogP) is 1.96. The zero-order valence-electron chi connectivity index (χ0n) is 9.98. The molecule has 0 heterocycles. The molecular formula is C11H26N2. The van der Waals surface area contributed by atoms with E-state index in [1.807, 2.05) is 0 Å². The molecule has 0 aliphatic heterocycles. The molecule has 0 aliphatic rings. The smallest absolute Gasteiger partial charge is 0.0104 e. The van der Waals surface area contributed by atoms with Crippen molar-refractivity contribution in [3.8, 4) is 0 Å². The van der Waals surface area contributed by atoms with Crippen LogP contribution in [0.1, 0.15) is 34.1 Å². The fraction of sp³-hybridized carbons (Fsp3) is 1.00. The van der Waals surface area contributed by atoms with Crippen molar-refractivity contribution in [1.29, 1.82) is 0 Å². The highest BCUT2D eigenvalue weighted by atomic mass is 15.1. The Labute approximate surface area is 83.7 Å². The molecule has 0 bridgehead atoms. The first-order chi connectivity index (χ1) is 6.02. The Balaban J connectivity index is 3.35. The van der Waals surface area contributed by atoms with E-state index in [9.17, 15) is 0 Å². The van der Waals surface area contributed by atoms with Gasteiger partial charge in [-0.25, -0.2) is 0 Å². The van der Waals surface area contributed by atoms with E-state index in [2.05, 4.69) is 45.0 Å². The van der Waals surface area contributed by atoms with Crippen LogP contribution >= 0.6 is 0 Å². The van der Waals surface area contributed by atoms with E-state index >= 15 is 0 Å². The normalized spacial score (nSPS) is 12.5. The van der Waals surface area contributed by atoms with E-state index in [-0.39, 0.29) is 0 Å². The number of likely N-dealkylation sites (N-methyl/N-ethyl adjacent to an activating group) is 1. The molecule has 0 saturated carbocycles. The van der Waals surface area contributed by atoms with Crippen molar-refractivity contribution < 1.29 is 0 Å². The molecule has 0 saturated heterocycles. The Kier molecular flexibility index (Phi) is 6.35. The lowest BCUT2D eigenvalue weighted by Crippen LogP contribution is -2.34. The van der Waals surface area contributed by atoms with Crippen molar-refractivity contribution in [1.82, 2.24) is 10.2 Å². The molecule has 1 N–H and O–H groups in total. The average molecular weight is 186 g/mol. The van der Waals surface area contributed by atoms with Crippen LogP contribution in [0.25, 0.3) is 0 Å². The van der Waals surface area contributed by atoms with Crippen molar-refractivity contribution in [2.45, 2.75) is 34.1 Å². The number of nitrogens with zero attached hydrogens (tertiary/aromatic N) is 1. The first-order valence-corrected chi connectivity index (χ1v) is 5.41. The van der Waals surface area contributed by atoms with Gasteiger partial charge in [0.2, 0.25) is 0 Å². The van der Waals surface area contributed by atoms with Crippen molar-refractivity contribution >= 4 is 0 Å². The SMILES string of the molecule is CCN(C)CCNCC(C)(C)CC. The van der Waals surface area contributed by atoms with Crippen LogP contribution in [-0.2, 0) is 0 Å². The molecule has 0 fully saturated rings. The standard InChI is InChI=1S/C11H26N2/c1-6-11(3,4)10-12-8-9-13(5)7-2/h12H,6-10H2,1-5H3. The van der Waals surface area contributed by atoms with E-state index in [1.54, 1.807) is 0 Å². The lowest BCUT2D eigenvalue weighted by molar-refractivity contribution is 0.303. The van der Waals surface area contributed by atoms with Gasteiger partial charge >= 0.3 is 0 Å². The molecule has 13 heavy (non-hydrogen) atoms. The van der Waals surface area contributed by atoms with Gasteiger partial charge in [-0.1, -0.05) is 27.7 Å². The Hall–Kier alpha value is -0.0800. The maximum atomic E-state index is 3.50. The minimum atomic E-state index is 0.449. The van der Waals surface area contributed by atoms with Crippen LogP contribution in [0.3, 0.4) is 0 Å². The summed E-state index contributed by atoms with van der Waals surface area (Å²) in [5, 5.41) is 3.50. The number of hydrogen-bond acceptors (Lipinski definition) is 2. The van der Waals surface area contributed by atoms with Crippen LogP contribution in [0.15, 0.2) is 0 Å². The highest BCUT2D eigenvalue weighted by Crippen LogP contribution is 2.17. The van der Waals surface area contributed by atoms with Crippen molar-refractivity contribution in [3.05, 3.63) is 0 Å². The molecule has 2 heteroatoms. The quantitative estimate of drug-likeness (QED) is 0.612. The van der Waals surface area contributed by atoms with Gasteiger partial charge in [0, 0.05) is 19.6 Å². The Morgan fingerprint density at radius 3 is 2.31 bits per heavy atom. The zero-order chi connectivity index (χ0) is 10.3. The first-order valence-electron chi connectivity index (χ1n) is 5.41. The largest absolute Gasteiger partial charge is 0.315 e. The molecule has 80 valence electrons. The molecule has 0 spiro atoms. The number of nitrogens with one attached hydrogen (secondary N) is 1. The van der Waals surface area contributed by atoms with Gasteiger partial charge in [-0.3, -0.25) is 0 Å². The van der Waals surface area contributed by atoms with Crippen LogP contribution in [0, 0.1) is 5.41 Å². The van der Waals surface area contributed by atoms with Crippen LogP contribution in [-0.4, -0.2) is 38.1 Å². The Bertz CT molecular complexity index is 121. The molecule has 0 rings (SSSR count). The minimum Gasteiger partial charge on any atom is -0.315 e. The van der Waals surface area contributed by atoms with E-state index in [0.717, 1.165) is 26.2 Å². The van der Waals surface area contributed by atoms with Crippen LogP contribution in [0.2, 0.25) is 0 Å². The summed E-state index contributed by atoms with van der Waals surface area (Å²) in [6, 6.07) is 0. The molecule has 0 unspecified atom stereocenters. The van der Waals surface area contributed by atoms with Crippen LogP contribution in [0.5, 0.6) is 0 Å². The van der Waals surface area contributed by atoms with Crippen molar-refractivity contribution in [3.63, 3.8) is 0 Å². The van der Waals surface area contributed by atoms with Gasteiger partial charge in [0.25, 0.3) is 0 Å². The van der Waals surface area contributed by atoms with Gasteiger partial charge < -0.3 is 10.2 Å². The molecule has 0 radical (unpaired) electrons. The van der Waals surface area contributed by atoms with E-state index in [0.29, 0.717) is 5.41 Å². The van der Waals surface area contributed by atoms with Crippen LogP contribution < -0.4 is 5.32 Å². The van der Waals surface area contributed by atoms with Gasteiger partial charge in [-0.2, -0.15) is 0 Å². The van der Waals surface area contributed by atoms with Gasteiger partial charge in [0.1, 0.15) is 0 Å². The zero-order valence-corrected chi connectivity index (χ0v) is 9.98. The lowest BCUT2D eigenvalue weighted by atomic mass is 9.90. The Morgan fingerprint density at radius 1 is 1.23 bits per heavy atom. The Morgan fingerprint density at radius 2 is 1.85 bits per heavy atom. The average Bonchev–Trinajstić information content (AvgIpc) is 2.12. The van der Waals surface area contributed by atoms with Crippen molar-refractivity contribution in [2.24, 2.45) is 5.41 Å². The molecular weight excluding hydrogens is 160 g/mol. The van der Waals surface area contributed by atoms with Gasteiger partial charge in [-0.05, 0) is 25.4 Å². The lowest BCUT2D eigenvalue weighted by Gasteiger charge is -2.23. The molecule has 0 atom stereocenters. The molecule has 0 aromatic carbocycles. The maximum absolute atomic E-state index is 3.50. The second-order valence-electron chi connectivity index (χ2n) is 4.59. The van der Waals surface area contributed by atoms with E-state index < -0.39 is 0 Å². The summed E-state index contributed by atoms with van der Waals surface area (Å²) in [6.45, 7) is 13.6. The first kappa shape index (κ1) is 12.9. The summed E-state index contributed by atoms with van der Waals surface area (Å²) in [4.78, 5) is 2.33. The summed E-state index contributed by atoms with van der Waals surface area (Å²) < 4.78 is 0. The second-order valence-corrected chi connectivity index (χ2v) is 4.59. The van der Waals surface area contributed by atoms with Crippen molar-refractivity contribution in [2.75, 3.05) is 33.2 Å². The highest BCUT2D eigenvalue weighted by Gasteiger charge is 2.13. The molecule has 0 aromatic rings. The molecule has 2 nitrogen and oxygen atoms in total. The van der Waals surface area contributed by atoms with Crippen LogP contribution in [0.4, 0.5) is 0 Å². The maximum Gasteiger partial charge on any atom is 0.0104 e. The number of hydrogen-bond donors (Lipinski definition) is 1. The third-order valence-electron chi connectivity index (χ3n) is 2.77. The number of rotatable bonds is 7. The van der Waals surface area contributed by atoms with Gasteiger partial charge in [0.05, 0.1) is 0 Å². The monoisotopic (exact) mass is 186 g/mol. The van der Waals surface area contributed by atoms with E-state index in [1.165, 1.54) is 6.42 Å². The fourth-order valence-electron chi connectivity index (χ4n) is 0.980. The highest BCUT2D eigenvalue weighted by molar-refractivity contribution is 4.69. The van der Waals surface area contributed by atoms with Gasteiger partial charge in [-0.15, -0.1) is 0 Å². The fourth-order valence-corrected chi connectivity index (χ4v) is 0.980. The summed E-state index contributed by atoms with van der Waals surface area (Å²) >= 11 is 0. The molecule has 0 aromatic heterocycles. The van der Waals surface area contributed by atoms with E-state index in [4.69, 9.17) is 0 Å². The second kappa shape index (κ2) is 6.39. The summed E-state index contributed by atoms with van der Waals surface area (Å²) in [6.07, 6.45) is 1.24. The summed E-state index contributed by atoms with van der Waals surface area (Å²) in [5.74, 6) is 0.